The Kier molecular flexibility index (Phi) is 5.14. The summed E-state index contributed by atoms with van der Waals surface area (Å²) in [5.41, 5.74) is 0.424. The average Bonchev–Trinajstić information content (AvgIpc) is 2.50. The van der Waals surface area contributed by atoms with Crippen LogP contribution in [0.1, 0.15) is 24.2 Å². The fourth-order valence-corrected chi connectivity index (χ4v) is 1.76. The fourth-order valence-electron chi connectivity index (χ4n) is 1.76. The minimum atomic E-state index is -0.469. The molecule has 0 saturated carbocycles. The first kappa shape index (κ1) is 15.6. The van der Waals surface area contributed by atoms with Crippen molar-refractivity contribution in [2.45, 2.75) is 13.8 Å². The van der Waals surface area contributed by atoms with E-state index in [0.29, 0.717) is 29.4 Å². The SMILES string of the molecule is CCOc1ccc(C(=O)Oc2ccc(OC(C)=O)cc2)cc1. The van der Waals surface area contributed by atoms with Gasteiger partial charge in [-0.3, -0.25) is 4.79 Å². The van der Waals surface area contributed by atoms with Crippen molar-refractivity contribution in [1.82, 2.24) is 0 Å². The van der Waals surface area contributed by atoms with E-state index in [1.807, 2.05) is 6.92 Å². The highest BCUT2D eigenvalue weighted by Gasteiger charge is 2.09. The molecule has 2 aromatic rings. The molecular formula is C17H16O5. The van der Waals surface area contributed by atoms with E-state index in [9.17, 15) is 9.59 Å². The summed E-state index contributed by atoms with van der Waals surface area (Å²) in [6.45, 7) is 3.78. The Bertz CT molecular complexity index is 644. The van der Waals surface area contributed by atoms with Crippen LogP contribution in [-0.4, -0.2) is 18.5 Å². The lowest BCUT2D eigenvalue weighted by molar-refractivity contribution is -0.131. The van der Waals surface area contributed by atoms with Crippen molar-refractivity contribution in [3.8, 4) is 17.2 Å². The largest absolute Gasteiger partial charge is 0.494 e. The molecule has 5 heteroatoms. The van der Waals surface area contributed by atoms with Crippen molar-refractivity contribution in [2.24, 2.45) is 0 Å². The zero-order valence-corrected chi connectivity index (χ0v) is 12.4. The van der Waals surface area contributed by atoms with Gasteiger partial charge in [-0.15, -0.1) is 0 Å². The molecule has 0 aliphatic carbocycles. The summed E-state index contributed by atoms with van der Waals surface area (Å²) in [5.74, 6) is 0.593. The summed E-state index contributed by atoms with van der Waals surface area (Å²) in [6.07, 6.45) is 0. The monoisotopic (exact) mass is 300 g/mol. The van der Waals surface area contributed by atoms with Crippen molar-refractivity contribution >= 4 is 11.9 Å². The van der Waals surface area contributed by atoms with Crippen LogP contribution in [0, 0.1) is 0 Å². The smallest absolute Gasteiger partial charge is 0.343 e. The quantitative estimate of drug-likeness (QED) is 0.626. The molecule has 2 aromatic carbocycles. The van der Waals surface area contributed by atoms with Gasteiger partial charge >= 0.3 is 11.9 Å². The van der Waals surface area contributed by atoms with Crippen molar-refractivity contribution in [1.29, 1.82) is 0 Å². The van der Waals surface area contributed by atoms with Crippen molar-refractivity contribution in [2.75, 3.05) is 6.61 Å². The topological polar surface area (TPSA) is 61.8 Å². The first-order chi connectivity index (χ1) is 10.6. The maximum Gasteiger partial charge on any atom is 0.343 e. The molecule has 0 saturated heterocycles. The Hall–Kier alpha value is -2.82. The second-order valence-electron chi connectivity index (χ2n) is 4.41. The number of hydrogen-bond donors (Lipinski definition) is 0. The molecule has 2 rings (SSSR count). The molecule has 114 valence electrons. The van der Waals surface area contributed by atoms with Gasteiger partial charge in [-0.05, 0) is 55.5 Å². The molecule has 0 atom stereocenters. The van der Waals surface area contributed by atoms with Crippen molar-refractivity contribution < 1.29 is 23.8 Å². The van der Waals surface area contributed by atoms with E-state index in [4.69, 9.17) is 14.2 Å². The van der Waals surface area contributed by atoms with E-state index < -0.39 is 11.9 Å². The van der Waals surface area contributed by atoms with E-state index in [0.717, 1.165) is 0 Å². The van der Waals surface area contributed by atoms with Crippen LogP contribution in [0.3, 0.4) is 0 Å². The summed E-state index contributed by atoms with van der Waals surface area (Å²) >= 11 is 0. The normalized spacial score (nSPS) is 9.91. The number of carbonyl (C=O) groups excluding carboxylic acids is 2. The van der Waals surface area contributed by atoms with Crippen LogP contribution in [0.2, 0.25) is 0 Å². The zero-order chi connectivity index (χ0) is 15.9. The Morgan fingerprint density at radius 3 is 1.82 bits per heavy atom. The predicted molar refractivity (Wildman–Crippen MR) is 80.3 cm³/mol. The van der Waals surface area contributed by atoms with Gasteiger partial charge in [0.15, 0.2) is 0 Å². The molecule has 0 radical (unpaired) electrons. The van der Waals surface area contributed by atoms with E-state index in [2.05, 4.69) is 0 Å². The molecule has 0 heterocycles. The number of benzene rings is 2. The molecule has 0 fully saturated rings. The predicted octanol–water partition coefficient (Wildman–Crippen LogP) is 3.23. The van der Waals surface area contributed by atoms with Gasteiger partial charge < -0.3 is 14.2 Å². The highest BCUT2D eigenvalue weighted by atomic mass is 16.5. The molecule has 0 aromatic heterocycles. The highest BCUT2D eigenvalue weighted by Crippen LogP contribution is 2.19. The third-order valence-electron chi connectivity index (χ3n) is 2.70. The van der Waals surface area contributed by atoms with Crippen LogP contribution in [-0.2, 0) is 4.79 Å². The Morgan fingerprint density at radius 1 is 0.818 bits per heavy atom. The minimum absolute atomic E-state index is 0.370. The molecule has 0 bridgehead atoms. The maximum atomic E-state index is 12.0. The van der Waals surface area contributed by atoms with Gasteiger partial charge in [0.1, 0.15) is 17.2 Å². The highest BCUT2D eigenvalue weighted by molar-refractivity contribution is 5.91. The number of ether oxygens (including phenoxy) is 3. The Balaban J connectivity index is 2.00. The van der Waals surface area contributed by atoms with E-state index in [-0.39, 0.29) is 0 Å². The summed E-state index contributed by atoms with van der Waals surface area (Å²) < 4.78 is 15.5. The van der Waals surface area contributed by atoms with Gasteiger partial charge in [0, 0.05) is 6.92 Å². The van der Waals surface area contributed by atoms with E-state index in [1.165, 1.54) is 6.92 Å². The number of esters is 2. The molecule has 0 amide bonds. The van der Waals surface area contributed by atoms with Gasteiger partial charge in [-0.2, -0.15) is 0 Å². The molecule has 0 unspecified atom stereocenters. The number of rotatable bonds is 5. The lowest BCUT2D eigenvalue weighted by Crippen LogP contribution is -2.08. The standard InChI is InChI=1S/C17H16O5/c1-3-20-14-6-4-13(5-7-14)17(19)22-16-10-8-15(9-11-16)21-12(2)18/h4-11H,3H2,1-2H3. The van der Waals surface area contributed by atoms with Crippen molar-refractivity contribution in [3.63, 3.8) is 0 Å². The van der Waals surface area contributed by atoms with Gasteiger partial charge in [-0.25, -0.2) is 4.79 Å². The van der Waals surface area contributed by atoms with E-state index in [1.54, 1.807) is 48.5 Å². The molecule has 0 spiro atoms. The van der Waals surface area contributed by atoms with Crippen LogP contribution in [0.15, 0.2) is 48.5 Å². The maximum absolute atomic E-state index is 12.0. The van der Waals surface area contributed by atoms with Crippen molar-refractivity contribution in [3.05, 3.63) is 54.1 Å². The molecule has 22 heavy (non-hydrogen) atoms. The fraction of sp³-hybridized carbons (Fsp3) is 0.176. The number of hydrogen-bond acceptors (Lipinski definition) is 5. The van der Waals surface area contributed by atoms with Crippen LogP contribution >= 0.6 is 0 Å². The van der Waals surface area contributed by atoms with Crippen LogP contribution in [0.4, 0.5) is 0 Å². The second kappa shape index (κ2) is 7.26. The Labute approximate surface area is 128 Å². The molecule has 5 nitrogen and oxygen atoms in total. The van der Waals surface area contributed by atoms with Crippen LogP contribution in [0.5, 0.6) is 17.2 Å². The average molecular weight is 300 g/mol. The molecule has 0 N–H and O–H groups in total. The Morgan fingerprint density at radius 2 is 1.32 bits per heavy atom. The van der Waals surface area contributed by atoms with Gasteiger partial charge in [0.2, 0.25) is 0 Å². The minimum Gasteiger partial charge on any atom is -0.494 e. The summed E-state index contributed by atoms with van der Waals surface area (Å²) in [7, 11) is 0. The third kappa shape index (κ3) is 4.34. The molecule has 0 aliphatic heterocycles. The summed E-state index contributed by atoms with van der Waals surface area (Å²) in [5, 5.41) is 0. The van der Waals surface area contributed by atoms with Crippen LogP contribution in [0.25, 0.3) is 0 Å². The first-order valence-corrected chi connectivity index (χ1v) is 6.82. The second-order valence-corrected chi connectivity index (χ2v) is 4.41. The molecule has 0 aliphatic rings. The summed E-state index contributed by atoms with van der Waals surface area (Å²) in [4.78, 5) is 22.8. The summed E-state index contributed by atoms with van der Waals surface area (Å²) in [6, 6.07) is 12.9. The number of carbonyl (C=O) groups is 2. The lowest BCUT2D eigenvalue weighted by Gasteiger charge is -2.07. The van der Waals surface area contributed by atoms with Gasteiger partial charge in [0.05, 0.1) is 12.2 Å². The molecular weight excluding hydrogens is 284 g/mol. The van der Waals surface area contributed by atoms with E-state index >= 15 is 0 Å². The van der Waals surface area contributed by atoms with Crippen LogP contribution < -0.4 is 14.2 Å². The zero-order valence-electron chi connectivity index (χ0n) is 12.4. The first-order valence-electron chi connectivity index (χ1n) is 6.82. The van der Waals surface area contributed by atoms with Gasteiger partial charge in [-0.1, -0.05) is 0 Å². The third-order valence-corrected chi connectivity index (χ3v) is 2.70. The van der Waals surface area contributed by atoms with Gasteiger partial charge in [0.25, 0.3) is 0 Å². The lowest BCUT2D eigenvalue weighted by atomic mass is 10.2.